The van der Waals surface area contributed by atoms with E-state index in [0.717, 1.165) is 0 Å². The number of nitrogens with one attached hydrogen (secondary N) is 3. The molecule has 0 aromatic carbocycles. The van der Waals surface area contributed by atoms with Crippen LogP contribution in [0.15, 0.2) is 17.3 Å². The minimum Gasteiger partial charge on any atom is -0.477 e. The van der Waals surface area contributed by atoms with Gasteiger partial charge in [-0.15, -0.1) is 0 Å². The normalized spacial score (nSPS) is 11.5. The van der Waals surface area contributed by atoms with E-state index in [1.54, 1.807) is 6.92 Å². The first-order valence-corrected chi connectivity index (χ1v) is 7.31. The lowest BCUT2D eigenvalue weighted by molar-refractivity contribution is 0.0692. The van der Waals surface area contributed by atoms with Gasteiger partial charge in [-0.1, -0.05) is 6.92 Å². The number of aromatic nitrogens is 3. The summed E-state index contributed by atoms with van der Waals surface area (Å²) in [6, 6.07) is 1.41. The second-order valence-corrected chi connectivity index (χ2v) is 5.85. The lowest BCUT2D eigenvalue weighted by Crippen LogP contribution is -2.15. The van der Waals surface area contributed by atoms with E-state index in [2.05, 4.69) is 19.7 Å². The van der Waals surface area contributed by atoms with Crippen molar-refractivity contribution in [3.63, 3.8) is 0 Å². The molecule has 0 saturated heterocycles. The smallest absolute Gasteiger partial charge is 0.354 e. The Kier molecular flexibility index (Phi) is 3.53. The summed E-state index contributed by atoms with van der Waals surface area (Å²) in [5.41, 5.74) is 0.322. The Bertz CT molecular complexity index is 744. The quantitative estimate of drug-likeness (QED) is 0.657. The van der Waals surface area contributed by atoms with Crippen molar-refractivity contribution in [2.75, 3.05) is 4.72 Å². The SMILES string of the molecule is CCc1ncc(S(=O)(=O)Nc2cc(C)[nH]c2C(=O)O)[nH]1. The number of carboxylic acid groups (broad SMARTS) is 1. The summed E-state index contributed by atoms with van der Waals surface area (Å²) in [5.74, 6) is -0.705. The van der Waals surface area contributed by atoms with Gasteiger partial charge in [-0.05, 0) is 13.0 Å². The summed E-state index contributed by atoms with van der Waals surface area (Å²) in [4.78, 5) is 20.2. The molecule has 8 nitrogen and oxygen atoms in total. The number of sulfonamides is 1. The molecule has 2 aromatic heterocycles. The molecule has 108 valence electrons. The number of hydrogen-bond donors (Lipinski definition) is 4. The molecule has 20 heavy (non-hydrogen) atoms. The van der Waals surface area contributed by atoms with Crippen LogP contribution in [0, 0.1) is 6.92 Å². The van der Waals surface area contributed by atoms with Crippen molar-refractivity contribution in [1.29, 1.82) is 0 Å². The van der Waals surface area contributed by atoms with Crippen LogP contribution in [0.25, 0.3) is 0 Å². The highest BCUT2D eigenvalue weighted by molar-refractivity contribution is 7.92. The van der Waals surface area contributed by atoms with E-state index in [0.29, 0.717) is 17.9 Å². The number of hydrogen-bond acceptors (Lipinski definition) is 4. The van der Waals surface area contributed by atoms with Crippen molar-refractivity contribution in [1.82, 2.24) is 15.0 Å². The number of aryl methyl sites for hydroxylation is 2. The van der Waals surface area contributed by atoms with Crippen LogP contribution in [0.2, 0.25) is 0 Å². The van der Waals surface area contributed by atoms with Gasteiger partial charge in [0.1, 0.15) is 11.5 Å². The second-order valence-electron chi connectivity index (χ2n) is 4.20. The largest absolute Gasteiger partial charge is 0.477 e. The molecule has 0 atom stereocenters. The summed E-state index contributed by atoms with van der Waals surface area (Å²) in [7, 11) is -3.90. The van der Waals surface area contributed by atoms with Gasteiger partial charge in [0.05, 0.1) is 11.9 Å². The van der Waals surface area contributed by atoms with Crippen LogP contribution in [-0.2, 0) is 16.4 Å². The van der Waals surface area contributed by atoms with Crippen LogP contribution in [0.3, 0.4) is 0 Å². The molecule has 0 unspecified atom stereocenters. The van der Waals surface area contributed by atoms with Crippen LogP contribution in [0.4, 0.5) is 5.69 Å². The third kappa shape index (κ3) is 2.67. The van der Waals surface area contributed by atoms with E-state index in [1.807, 2.05) is 6.92 Å². The predicted octanol–water partition coefficient (Wildman–Crippen LogP) is 1.11. The Labute approximate surface area is 115 Å². The van der Waals surface area contributed by atoms with Crippen LogP contribution in [0.5, 0.6) is 0 Å². The van der Waals surface area contributed by atoms with Gasteiger partial charge in [-0.3, -0.25) is 4.72 Å². The van der Waals surface area contributed by atoms with Crippen LogP contribution in [-0.4, -0.2) is 34.4 Å². The minimum atomic E-state index is -3.90. The maximum Gasteiger partial charge on any atom is 0.354 e. The number of aromatic amines is 2. The first kappa shape index (κ1) is 14.1. The van der Waals surface area contributed by atoms with Crippen molar-refractivity contribution in [2.24, 2.45) is 0 Å². The van der Waals surface area contributed by atoms with Crippen molar-refractivity contribution in [3.05, 3.63) is 29.5 Å². The maximum atomic E-state index is 12.1. The summed E-state index contributed by atoms with van der Waals surface area (Å²) < 4.78 is 26.5. The molecule has 2 aromatic rings. The highest BCUT2D eigenvalue weighted by Crippen LogP contribution is 2.20. The molecule has 0 saturated carbocycles. The number of carbonyl (C=O) groups is 1. The Balaban J connectivity index is 2.35. The Morgan fingerprint density at radius 3 is 2.70 bits per heavy atom. The molecule has 0 aliphatic heterocycles. The average Bonchev–Trinajstić information content (AvgIpc) is 2.95. The zero-order valence-electron chi connectivity index (χ0n) is 10.9. The molecule has 9 heteroatoms. The molecule has 0 amide bonds. The van der Waals surface area contributed by atoms with E-state index in [-0.39, 0.29) is 16.4 Å². The Morgan fingerprint density at radius 2 is 2.15 bits per heavy atom. The van der Waals surface area contributed by atoms with Crippen molar-refractivity contribution in [2.45, 2.75) is 25.3 Å². The summed E-state index contributed by atoms with van der Waals surface area (Å²) >= 11 is 0. The third-order valence-corrected chi connectivity index (χ3v) is 3.92. The molecule has 0 fully saturated rings. The predicted molar refractivity (Wildman–Crippen MR) is 71.3 cm³/mol. The van der Waals surface area contributed by atoms with Crippen molar-refractivity contribution < 1.29 is 18.3 Å². The van der Waals surface area contributed by atoms with Gasteiger partial charge in [0.15, 0.2) is 5.03 Å². The molecule has 0 spiro atoms. The topological polar surface area (TPSA) is 128 Å². The molecular weight excluding hydrogens is 284 g/mol. The fraction of sp³-hybridized carbons (Fsp3) is 0.273. The number of H-pyrrole nitrogens is 2. The zero-order chi connectivity index (χ0) is 14.9. The van der Waals surface area contributed by atoms with Crippen LogP contribution >= 0.6 is 0 Å². The highest BCUT2D eigenvalue weighted by Gasteiger charge is 2.22. The van der Waals surface area contributed by atoms with Gasteiger partial charge < -0.3 is 15.1 Å². The zero-order valence-corrected chi connectivity index (χ0v) is 11.7. The van der Waals surface area contributed by atoms with Gasteiger partial charge in [0.2, 0.25) is 0 Å². The fourth-order valence-corrected chi connectivity index (χ4v) is 2.70. The van der Waals surface area contributed by atoms with Gasteiger partial charge in [0, 0.05) is 12.1 Å². The standard InChI is InChI=1S/C11H14N4O4S/c1-3-8-12-5-9(14-8)20(18,19)15-7-4-6(2)13-10(7)11(16)17/h4-5,13,15H,3H2,1-2H3,(H,12,14)(H,16,17). The number of nitrogens with zero attached hydrogens (tertiary/aromatic N) is 1. The Morgan fingerprint density at radius 1 is 1.45 bits per heavy atom. The molecule has 0 aliphatic carbocycles. The van der Waals surface area contributed by atoms with Gasteiger partial charge >= 0.3 is 5.97 Å². The van der Waals surface area contributed by atoms with Gasteiger partial charge in [-0.25, -0.2) is 9.78 Å². The van der Waals surface area contributed by atoms with Crippen molar-refractivity contribution >= 4 is 21.7 Å². The van der Waals surface area contributed by atoms with E-state index in [9.17, 15) is 13.2 Å². The number of rotatable bonds is 5. The molecule has 0 bridgehead atoms. The molecule has 4 N–H and O–H groups in total. The summed E-state index contributed by atoms with van der Waals surface area (Å²) in [5, 5.41) is 8.90. The lowest BCUT2D eigenvalue weighted by atomic mass is 10.4. The number of anilines is 1. The Hall–Kier alpha value is -2.29. The maximum absolute atomic E-state index is 12.1. The molecular formula is C11H14N4O4S. The van der Waals surface area contributed by atoms with Crippen LogP contribution < -0.4 is 4.72 Å². The minimum absolute atomic E-state index is 0.0114. The number of imidazole rings is 1. The summed E-state index contributed by atoms with van der Waals surface area (Å²) in [6.45, 7) is 3.47. The molecule has 2 heterocycles. The molecule has 0 radical (unpaired) electrons. The van der Waals surface area contributed by atoms with E-state index >= 15 is 0 Å². The highest BCUT2D eigenvalue weighted by atomic mass is 32.2. The van der Waals surface area contributed by atoms with E-state index < -0.39 is 16.0 Å². The number of carboxylic acids is 1. The first-order valence-electron chi connectivity index (χ1n) is 5.83. The second kappa shape index (κ2) is 5.00. The van der Waals surface area contributed by atoms with Gasteiger partial charge in [-0.2, -0.15) is 8.42 Å². The molecule has 2 rings (SSSR count). The average molecular weight is 298 g/mol. The van der Waals surface area contributed by atoms with E-state index in [4.69, 9.17) is 5.11 Å². The monoisotopic (exact) mass is 298 g/mol. The van der Waals surface area contributed by atoms with Gasteiger partial charge in [0.25, 0.3) is 10.0 Å². The van der Waals surface area contributed by atoms with Crippen molar-refractivity contribution in [3.8, 4) is 0 Å². The van der Waals surface area contributed by atoms with Crippen LogP contribution in [0.1, 0.15) is 28.9 Å². The van der Waals surface area contributed by atoms with E-state index in [1.165, 1.54) is 12.3 Å². The first-order chi connectivity index (χ1) is 9.33. The summed E-state index contributed by atoms with van der Waals surface area (Å²) in [6.07, 6.45) is 1.76. The molecule has 0 aliphatic rings. The third-order valence-electron chi connectivity index (χ3n) is 2.64. The number of aromatic carboxylic acids is 1. The fourth-order valence-electron chi connectivity index (χ4n) is 1.70. The lowest BCUT2D eigenvalue weighted by Gasteiger charge is -2.05.